The lowest BCUT2D eigenvalue weighted by Gasteiger charge is -2.20. The molecular weight excluding hydrogens is 198 g/mol. The molecule has 2 atom stereocenters. The van der Waals surface area contributed by atoms with Crippen molar-refractivity contribution in [1.29, 1.82) is 0 Å². The third-order valence-corrected chi connectivity index (χ3v) is 2.91. The predicted octanol–water partition coefficient (Wildman–Crippen LogP) is 2.44. The summed E-state index contributed by atoms with van der Waals surface area (Å²) in [6.45, 7) is 13.3. The van der Waals surface area contributed by atoms with Gasteiger partial charge in [-0.05, 0) is 34.1 Å². The summed E-state index contributed by atoms with van der Waals surface area (Å²) in [5.41, 5.74) is 2.37. The molecule has 1 rings (SSSR count). The van der Waals surface area contributed by atoms with Crippen molar-refractivity contribution in [2.45, 2.75) is 52.7 Å². The van der Waals surface area contributed by atoms with Crippen molar-refractivity contribution >= 4 is 0 Å². The van der Waals surface area contributed by atoms with Crippen LogP contribution in [-0.4, -0.2) is 21.6 Å². The summed E-state index contributed by atoms with van der Waals surface area (Å²) in [5.74, 6) is 0. The van der Waals surface area contributed by atoms with E-state index in [0.29, 0.717) is 12.1 Å². The van der Waals surface area contributed by atoms with Crippen LogP contribution in [0.3, 0.4) is 0 Å². The van der Waals surface area contributed by atoms with Crippen LogP contribution < -0.4 is 5.32 Å². The topological polar surface area (TPSA) is 29.9 Å². The second-order valence-electron chi connectivity index (χ2n) is 4.56. The Morgan fingerprint density at radius 1 is 1.44 bits per heavy atom. The normalized spacial score (nSPS) is 14.8. The Kier molecular flexibility index (Phi) is 4.74. The predicted molar refractivity (Wildman–Crippen MR) is 68.6 cm³/mol. The first-order valence-corrected chi connectivity index (χ1v) is 5.89. The molecular formula is C13H23N3. The van der Waals surface area contributed by atoms with Gasteiger partial charge in [0.25, 0.3) is 0 Å². The summed E-state index contributed by atoms with van der Waals surface area (Å²) >= 11 is 0. The summed E-state index contributed by atoms with van der Waals surface area (Å²) in [7, 11) is 0. The van der Waals surface area contributed by atoms with Crippen LogP contribution in [0.4, 0.5) is 0 Å². The molecule has 0 amide bonds. The zero-order valence-corrected chi connectivity index (χ0v) is 10.8. The van der Waals surface area contributed by atoms with Crippen LogP contribution in [0.25, 0.3) is 0 Å². The third-order valence-electron chi connectivity index (χ3n) is 2.91. The highest BCUT2D eigenvalue weighted by molar-refractivity contribution is 5.08. The lowest BCUT2D eigenvalue weighted by molar-refractivity contribution is 0.421. The van der Waals surface area contributed by atoms with Gasteiger partial charge in [-0.15, -0.1) is 6.58 Å². The van der Waals surface area contributed by atoms with E-state index in [4.69, 9.17) is 0 Å². The van der Waals surface area contributed by atoms with Crippen LogP contribution in [0.1, 0.15) is 31.7 Å². The van der Waals surface area contributed by atoms with Gasteiger partial charge in [0, 0.05) is 24.3 Å². The summed E-state index contributed by atoms with van der Waals surface area (Å²) in [6, 6.07) is 0.930. The molecule has 1 aromatic rings. The van der Waals surface area contributed by atoms with Crippen LogP contribution in [0.15, 0.2) is 19.0 Å². The highest BCUT2D eigenvalue weighted by Crippen LogP contribution is 2.05. The molecule has 0 spiro atoms. The molecule has 0 fully saturated rings. The minimum Gasteiger partial charge on any atom is -0.333 e. The van der Waals surface area contributed by atoms with Gasteiger partial charge in [0.2, 0.25) is 0 Å². The number of imidazole rings is 1. The number of hydrogen-bond donors (Lipinski definition) is 1. The number of nitrogens with one attached hydrogen (secondary N) is 1. The van der Waals surface area contributed by atoms with Crippen molar-refractivity contribution in [3.05, 3.63) is 30.4 Å². The molecule has 3 nitrogen and oxygen atoms in total. The number of aryl methyl sites for hydroxylation is 1. The Hall–Kier alpha value is -1.09. The Bertz CT molecular complexity index is 341. The van der Waals surface area contributed by atoms with Crippen LogP contribution >= 0.6 is 0 Å². The van der Waals surface area contributed by atoms with E-state index in [1.165, 1.54) is 5.69 Å². The van der Waals surface area contributed by atoms with Crippen molar-refractivity contribution < 1.29 is 0 Å². The Morgan fingerprint density at radius 3 is 2.62 bits per heavy atom. The van der Waals surface area contributed by atoms with Gasteiger partial charge >= 0.3 is 0 Å². The molecule has 0 aliphatic heterocycles. The minimum atomic E-state index is 0.447. The fourth-order valence-corrected chi connectivity index (χ4v) is 1.88. The minimum absolute atomic E-state index is 0.447. The van der Waals surface area contributed by atoms with Crippen LogP contribution in [0.2, 0.25) is 0 Å². The van der Waals surface area contributed by atoms with Gasteiger partial charge in [-0.3, -0.25) is 0 Å². The van der Waals surface area contributed by atoms with Gasteiger partial charge in [-0.2, -0.15) is 0 Å². The lowest BCUT2D eigenvalue weighted by atomic mass is 10.2. The molecule has 0 aromatic carbocycles. The molecule has 0 saturated carbocycles. The first-order valence-electron chi connectivity index (χ1n) is 5.89. The Labute approximate surface area is 98.6 Å². The maximum absolute atomic E-state index is 4.30. The smallest absolute Gasteiger partial charge is 0.0951 e. The Morgan fingerprint density at radius 2 is 2.12 bits per heavy atom. The maximum Gasteiger partial charge on any atom is 0.0951 e. The average molecular weight is 221 g/mol. The molecule has 0 saturated heterocycles. The summed E-state index contributed by atoms with van der Waals surface area (Å²) in [6.07, 6.45) is 4.88. The van der Waals surface area contributed by atoms with Gasteiger partial charge in [0.1, 0.15) is 0 Å². The zero-order chi connectivity index (χ0) is 12.1. The van der Waals surface area contributed by atoms with E-state index >= 15 is 0 Å². The number of rotatable bonds is 6. The van der Waals surface area contributed by atoms with E-state index in [9.17, 15) is 0 Å². The number of aromatic nitrogens is 2. The highest BCUT2D eigenvalue weighted by Gasteiger charge is 2.09. The first kappa shape index (κ1) is 13.0. The monoisotopic (exact) mass is 221 g/mol. The molecule has 0 bridgehead atoms. The largest absolute Gasteiger partial charge is 0.333 e. The molecule has 0 aliphatic rings. The van der Waals surface area contributed by atoms with Crippen molar-refractivity contribution in [3.63, 3.8) is 0 Å². The Balaban J connectivity index is 2.48. The molecule has 0 aliphatic carbocycles. The van der Waals surface area contributed by atoms with Crippen molar-refractivity contribution in [1.82, 2.24) is 14.9 Å². The van der Waals surface area contributed by atoms with Gasteiger partial charge < -0.3 is 9.88 Å². The van der Waals surface area contributed by atoms with E-state index in [1.54, 1.807) is 0 Å². The van der Waals surface area contributed by atoms with E-state index in [0.717, 1.165) is 18.7 Å². The molecule has 16 heavy (non-hydrogen) atoms. The van der Waals surface area contributed by atoms with Crippen LogP contribution in [0, 0.1) is 13.8 Å². The van der Waals surface area contributed by atoms with Crippen LogP contribution in [-0.2, 0) is 6.54 Å². The summed E-state index contributed by atoms with van der Waals surface area (Å²) in [5, 5.41) is 3.55. The maximum atomic E-state index is 4.30. The summed E-state index contributed by atoms with van der Waals surface area (Å²) < 4.78 is 2.20. The van der Waals surface area contributed by atoms with E-state index in [2.05, 4.69) is 42.2 Å². The number of hydrogen-bond acceptors (Lipinski definition) is 2. The first-order chi connectivity index (χ1) is 7.54. The molecule has 1 heterocycles. The van der Waals surface area contributed by atoms with Crippen LogP contribution in [0.5, 0.6) is 0 Å². The molecule has 2 unspecified atom stereocenters. The summed E-state index contributed by atoms with van der Waals surface area (Å²) in [4.78, 5) is 4.30. The van der Waals surface area contributed by atoms with Gasteiger partial charge in [0.15, 0.2) is 0 Å². The molecule has 3 heteroatoms. The third kappa shape index (κ3) is 3.49. The molecule has 1 aromatic heterocycles. The van der Waals surface area contributed by atoms with Crippen molar-refractivity contribution in [2.24, 2.45) is 0 Å². The van der Waals surface area contributed by atoms with Gasteiger partial charge in [0.05, 0.1) is 12.0 Å². The van der Waals surface area contributed by atoms with E-state index in [1.807, 2.05) is 19.3 Å². The average Bonchev–Trinajstić information content (AvgIpc) is 2.50. The zero-order valence-electron chi connectivity index (χ0n) is 10.8. The van der Waals surface area contributed by atoms with E-state index in [-0.39, 0.29) is 0 Å². The van der Waals surface area contributed by atoms with Crippen molar-refractivity contribution in [3.8, 4) is 0 Å². The SMILES string of the molecule is C=CCC(C)NC(C)Cn1cnc(C)c1C. The highest BCUT2D eigenvalue weighted by atomic mass is 15.1. The lowest BCUT2D eigenvalue weighted by Crippen LogP contribution is -2.37. The van der Waals surface area contributed by atoms with Crippen molar-refractivity contribution in [2.75, 3.05) is 0 Å². The standard InChI is InChI=1S/C13H23N3/c1-6-7-10(2)15-11(3)8-16-9-14-12(4)13(16)5/h6,9-11,15H,1,7-8H2,2-5H3. The quantitative estimate of drug-likeness (QED) is 0.748. The molecule has 90 valence electrons. The van der Waals surface area contributed by atoms with Gasteiger partial charge in [-0.1, -0.05) is 6.08 Å². The van der Waals surface area contributed by atoms with Gasteiger partial charge in [-0.25, -0.2) is 4.98 Å². The fraction of sp³-hybridized carbons (Fsp3) is 0.615. The molecule has 1 N–H and O–H groups in total. The molecule has 0 radical (unpaired) electrons. The van der Waals surface area contributed by atoms with E-state index < -0.39 is 0 Å². The second-order valence-corrected chi connectivity index (χ2v) is 4.56. The second kappa shape index (κ2) is 5.85. The fourth-order valence-electron chi connectivity index (χ4n) is 1.88. The number of nitrogens with zero attached hydrogens (tertiary/aromatic N) is 2.